The number of esters is 4. The molecule has 0 spiro atoms. The van der Waals surface area contributed by atoms with Gasteiger partial charge in [-0.2, -0.15) is 0 Å². The minimum Gasteiger partial charge on any atom is -0.462 e. The van der Waals surface area contributed by atoms with Gasteiger partial charge in [-0.05, 0) is 57.3 Å². The quantitative estimate of drug-likeness (QED) is 0.0169. The van der Waals surface area contributed by atoms with Crippen LogP contribution in [0, 0.1) is 5.92 Å². The number of phosphoric ester groups is 2. The molecule has 0 aliphatic heterocycles. The summed E-state index contributed by atoms with van der Waals surface area (Å²) in [6.07, 6.45) is 45.5. The van der Waals surface area contributed by atoms with Gasteiger partial charge in [0.25, 0.3) is 0 Å². The van der Waals surface area contributed by atoms with E-state index in [0.717, 1.165) is 116 Å². The third-order valence-corrected chi connectivity index (χ3v) is 16.3. The Kier molecular flexibility index (Phi) is 56.5. The van der Waals surface area contributed by atoms with Gasteiger partial charge in [-0.15, -0.1) is 0 Å². The van der Waals surface area contributed by atoms with Crippen LogP contribution in [0.4, 0.5) is 0 Å². The van der Waals surface area contributed by atoms with Gasteiger partial charge < -0.3 is 33.8 Å². The Morgan fingerprint density at radius 2 is 0.643 bits per heavy atom. The zero-order valence-corrected chi connectivity index (χ0v) is 55.3. The van der Waals surface area contributed by atoms with Crippen molar-refractivity contribution < 1.29 is 80.2 Å². The van der Waals surface area contributed by atoms with Gasteiger partial charge >= 0.3 is 39.5 Å². The Bertz CT molecular complexity index is 1730. The summed E-state index contributed by atoms with van der Waals surface area (Å²) in [5.41, 5.74) is 0. The standard InChI is InChI=1S/C65H122O17P2/c1-6-9-12-15-18-20-22-24-25-27-29-31-34-40-45-50-64(69)81-60(55-76-63(68)49-44-39-33-30-28-26-23-21-19-16-13-10-7-2)56-79-83(71,72)77-52-59(66)53-78-84(73,74)80-57-61(54-75-62(67)48-43-38-32-17-14-11-8-3)82-65(70)51-46-41-36-35-37-42-47-58(4)5/h20,22,24-25,58-61,66H,6-19,21,23,26-57H2,1-5H3,(H,71,72)(H,73,74)/b22-20-,25-24-/t59-,60-,61-/m1/s1. The number of ether oxygens (including phenoxy) is 4. The second kappa shape index (κ2) is 58.2. The topological polar surface area (TPSA) is 237 Å². The molecule has 0 aromatic heterocycles. The fourth-order valence-corrected chi connectivity index (χ4v) is 10.8. The molecule has 17 nitrogen and oxygen atoms in total. The lowest BCUT2D eigenvalue weighted by atomic mass is 10.0. The highest BCUT2D eigenvalue weighted by molar-refractivity contribution is 7.47. The van der Waals surface area contributed by atoms with Crippen molar-refractivity contribution in [2.24, 2.45) is 5.92 Å². The van der Waals surface area contributed by atoms with Crippen molar-refractivity contribution in [3.8, 4) is 0 Å². The molecular weight excluding hydrogens is 1110 g/mol. The number of hydrogen-bond acceptors (Lipinski definition) is 15. The van der Waals surface area contributed by atoms with Crippen molar-refractivity contribution in [2.45, 2.75) is 323 Å². The van der Waals surface area contributed by atoms with Crippen molar-refractivity contribution in [3.63, 3.8) is 0 Å². The van der Waals surface area contributed by atoms with Gasteiger partial charge in [0.1, 0.15) is 19.3 Å². The summed E-state index contributed by atoms with van der Waals surface area (Å²) in [7, 11) is -9.90. The molecule has 19 heteroatoms. The first kappa shape index (κ1) is 81.5. The number of carbonyl (C=O) groups is 4. The molecule has 0 heterocycles. The van der Waals surface area contributed by atoms with Crippen molar-refractivity contribution in [1.82, 2.24) is 0 Å². The van der Waals surface area contributed by atoms with Crippen LogP contribution in [0.15, 0.2) is 24.3 Å². The SMILES string of the molecule is CCCCCC/C=C\C=C/CCCCCCCC(=O)O[C@H](COC(=O)CCCCCCCCCCCCCCC)COP(=O)(O)OC[C@@H](O)COP(=O)(O)OC[C@@H](COC(=O)CCCCCCCCC)OC(=O)CCCCCCCCC(C)C. The highest BCUT2D eigenvalue weighted by Crippen LogP contribution is 2.45. The number of hydrogen-bond donors (Lipinski definition) is 3. The molecule has 2 unspecified atom stereocenters. The smallest absolute Gasteiger partial charge is 0.462 e. The number of carbonyl (C=O) groups excluding carboxylic acids is 4. The molecule has 0 aliphatic rings. The number of aliphatic hydroxyl groups is 1. The first-order valence-corrected chi connectivity index (χ1v) is 36.4. The van der Waals surface area contributed by atoms with Gasteiger partial charge in [0.15, 0.2) is 12.2 Å². The molecule has 0 bridgehead atoms. The van der Waals surface area contributed by atoms with E-state index in [1.807, 2.05) is 0 Å². The molecule has 3 N–H and O–H groups in total. The summed E-state index contributed by atoms with van der Waals surface area (Å²) in [5.74, 6) is -1.50. The molecule has 0 aromatic rings. The monoisotopic (exact) mass is 1240 g/mol. The summed E-state index contributed by atoms with van der Waals surface area (Å²) < 4.78 is 67.9. The van der Waals surface area contributed by atoms with Crippen LogP contribution in [0.2, 0.25) is 0 Å². The molecule has 0 amide bonds. The van der Waals surface area contributed by atoms with Crippen LogP contribution < -0.4 is 0 Å². The Labute approximate surface area is 510 Å². The highest BCUT2D eigenvalue weighted by atomic mass is 31.2. The highest BCUT2D eigenvalue weighted by Gasteiger charge is 2.30. The number of phosphoric acid groups is 2. The molecule has 0 radical (unpaired) electrons. The van der Waals surface area contributed by atoms with E-state index < -0.39 is 97.5 Å². The first-order chi connectivity index (χ1) is 40.5. The second-order valence-electron chi connectivity index (χ2n) is 23.3. The van der Waals surface area contributed by atoms with E-state index in [1.165, 1.54) is 103 Å². The normalized spacial score (nSPS) is 14.4. The minimum absolute atomic E-state index is 0.0851. The number of rotatable bonds is 63. The number of allylic oxidation sites excluding steroid dienone is 4. The summed E-state index contributed by atoms with van der Waals surface area (Å²) >= 11 is 0. The van der Waals surface area contributed by atoms with E-state index in [9.17, 15) is 43.2 Å². The van der Waals surface area contributed by atoms with Gasteiger partial charge in [0.2, 0.25) is 0 Å². The maximum atomic E-state index is 13.0. The van der Waals surface area contributed by atoms with Gasteiger partial charge in [0.05, 0.1) is 26.4 Å². The fourth-order valence-electron chi connectivity index (χ4n) is 9.22. The van der Waals surface area contributed by atoms with Crippen LogP contribution in [-0.2, 0) is 65.4 Å². The molecule has 0 saturated heterocycles. The predicted octanol–water partition coefficient (Wildman–Crippen LogP) is 17.7. The third-order valence-electron chi connectivity index (χ3n) is 14.4. The zero-order chi connectivity index (χ0) is 62.0. The fraction of sp³-hybridized carbons (Fsp3) is 0.877. The maximum absolute atomic E-state index is 13.0. The minimum atomic E-state index is -4.95. The van der Waals surface area contributed by atoms with E-state index >= 15 is 0 Å². The van der Waals surface area contributed by atoms with Crippen LogP contribution in [0.3, 0.4) is 0 Å². The van der Waals surface area contributed by atoms with Crippen LogP contribution in [0.25, 0.3) is 0 Å². The largest absolute Gasteiger partial charge is 0.472 e. The third kappa shape index (κ3) is 58.6. The Morgan fingerprint density at radius 1 is 0.369 bits per heavy atom. The maximum Gasteiger partial charge on any atom is 0.472 e. The summed E-state index contributed by atoms with van der Waals surface area (Å²) in [6, 6.07) is 0. The van der Waals surface area contributed by atoms with Gasteiger partial charge in [-0.1, -0.05) is 252 Å². The van der Waals surface area contributed by atoms with E-state index in [4.69, 9.17) is 37.0 Å². The summed E-state index contributed by atoms with van der Waals surface area (Å²) in [4.78, 5) is 72.1. The molecule has 0 rings (SSSR count). The van der Waals surface area contributed by atoms with Crippen molar-refractivity contribution in [1.29, 1.82) is 0 Å². The van der Waals surface area contributed by atoms with E-state index in [2.05, 4.69) is 58.9 Å². The van der Waals surface area contributed by atoms with Crippen molar-refractivity contribution in [3.05, 3.63) is 24.3 Å². The first-order valence-electron chi connectivity index (χ1n) is 33.5. The summed E-state index contributed by atoms with van der Waals surface area (Å²) in [5, 5.41) is 10.5. The van der Waals surface area contributed by atoms with Gasteiger partial charge in [-0.25, -0.2) is 9.13 Å². The Balaban J connectivity index is 5.25. The second-order valence-corrected chi connectivity index (χ2v) is 26.2. The van der Waals surface area contributed by atoms with Crippen LogP contribution in [0.5, 0.6) is 0 Å². The zero-order valence-electron chi connectivity index (χ0n) is 53.5. The van der Waals surface area contributed by atoms with Crippen molar-refractivity contribution in [2.75, 3.05) is 39.6 Å². The average Bonchev–Trinajstić information content (AvgIpc) is 3.58. The number of aliphatic hydroxyl groups excluding tert-OH is 1. The molecule has 84 heavy (non-hydrogen) atoms. The molecule has 5 atom stereocenters. The molecule has 0 aromatic carbocycles. The van der Waals surface area contributed by atoms with E-state index in [0.29, 0.717) is 31.6 Å². The molecule has 0 fully saturated rings. The molecule has 0 saturated carbocycles. The van der Waals surface area contributed by atoms with Crippen molar-refractivity contribution >= 4 is 39.5 Å². The predicted molar refractivity (Wildman–Crippen MR) is 335 cm³/mol. The molecule has 0 aliphatic carbocycles. The summed E-state index contributed by atoms with van der Waals surface area (Å²) in [6.45, 7) is 7.00. The Morgan fingerprint density at radius 3 is 0.976 bits per heavy atom. The van der Waals surface area contributed by atoms with Crippen LogP contribution in [0.1, 0.15) is 304 Å². The van der Waals surface area contributed by atoms with Crippen LogP contribution in [-0.4, -0.2) is 96.7 Å². The molecule has 494 valence electrons. The Hall–Kier alpha value is -2.46. The lowest BCUT2D eigenvalue weighted by Crippen LogP contribution is -2.30. The van der Waals surface area contributed by atoms with Crippen LogP contribution >= 0.6 is 15.6 Å². The van der Waals surface area contributed by atoms with Gasteiger partial charge in [0, 0.05) is 25.7 Å². The lowest BCUT2D eigenvalue weighted by molar-refractivity contribution is -0.161. The van der Waals surface area contributed by atoms with E-state index in [-0.39, 0.29) is 25.7 Å². The van der Waals surface area contributed by atoms with Gasteiger partial charge in [-0.3, -0.25) is 37.3 Å². The number of unbranched alkanes of at least 4 members (excludes halogenated alkanes) is 32. The lowest BCUT2D eigenvalue weighted by Gasteiger charge is -2.21. The van der Waals surface area contributed by atoms with E-state index in [1.54, 1.807) is 0 Å². The average molecular weight is 1240 g/mol. The molecular formula is C65H122O17P2.